The van der Waals surface area contributed by atoms with Gasteiger partial charge in [-0.3, -0.25) is 4.79 Å². The lowest BCUT2D eigenvalue weighted by Gasteiger charge is -2.22. The minimum Gasteiger partial charge on any atom is -0.394 e. The van der Waals surface area contributed by atoms with Gasteiger partial charge in [0.2, 0.25) is 5.91 Å². The molecule has 1 amide bonds. The second-order valence-electron chi connectivity index (χ2n) is 3.31. The third kappa shape index (κ3) is 2.67. The van der Waals surface area contributed by atoms with Crippen LogP contribution in [0.15, 0.2) is 0 Å². The molecule has 0 saturated carbocycles. The summed E-state index contributed by atoms with van der Waals surface area (Å²) in [5.41, 5.74) is 0. The van der Waals surface area contributed by atoms with Crippen molar-refractivity contribution in [3.05, 3.63) is 0 Å². The van der Waals surface area contributed by atoms with Crippen molar-refractivity contribution in [2.24, 2.45) is 0 Å². The highest BCUT2D eigenvalue weighted by Crippen LogP contribution is 2.17. The Kier molecular flexibility index (Phi) is 4.18. The van der Waals surface area contributed by atoms with Gasteiger partial charge >= 0.3 is 0 Å². The Balaban J connectivity index is 2.36. The van der Waals surface area contributed by atoms with Gasteiger partial charge in [0.1, 0.15) is 0 Å². The smallest absolute Gasteiger partial charge is 0.225 e. The molecular formula is C9H17NO3. The summed E-state index contributed by atoms with van der Waals surface area (Å²) in [6.45, 7) is 1.33. The minimum absolute atomic E-state index is 0.0457. The highest BCUT2D eigenvalue weighted by Gasteiger charge is 2.27. The molecule has 0 unspecified atom stereocenters. The Morgan fingerprint density at radius 1 is 1.69 bits per heavy atom. The largest absolute Gasteiger partial charge is 0.394 e. The molecular weight excluding hydrogens is 170 g/mol. The molecule has 0 aliphatic carbocycles. The molecule has 1 saturated heterocycles. The molecule has 4 nitrogen and oxygen atoms in total. The minimum atomic E-state index is 0.0457. The van der Waals surface area contributed by atoms with Gasteiger partial charge in [-0.2, -0.15) is 0 Å². The Morgan fingerprint density at radius 3 is 3.08 bits per heavy atom. The summed E-state index contributed by atoms with van der Waals surface area (Å²) in [4.78, 5) is 13.3. The van der Waals surface area contributed by atoms with Crippen molar-refractivity contribution in [2.75, 3.05) is 26.9 Å². The van der Waals surface area contributed by atoms with E-state index < -0.39 is 0 Å². The van der Waals surface area contributed by atoms with Crippen LogP contribution in [0.3, 0.4) is 0 Å². The number of hydrogen-bond donors (Lipinski definition) is 1. The normalized spacial score (nSPS) is 22.3. The van der Waals surface area contributed by atoms with Crippen LogP contribution >= 0.6 is 0 Å². The highest BCUT2D eigenvalue weighted by molar-refractivity contribution is 5.76. The first-order valence-electron chi connectivity index (χ1n) is 4.69. The first-order valence-corrected chi connectivity index (χ1v) is 4.69. The van der Waals surface area contributed by atoms with Crippen LogP contribution < -0.4 is 0 Å². The lowest BCUT2D eigenvalue weighted by molar-refractivity contribution is -0.133. The maximum absolute atomic E-state index is 11.5. The van der Waals surface area contributed by atoms with Crippen molar-refractivity contribution in [1.82, 2.24) is 4.90 Å². The van der Waals surface area contributed by atoms with Crippen LogP contribution in [0.5, 0.6) is 0 Å². The Labute approximate surface area is 78.5 Å². The van der Waals surface area contributed by atoms with Gasteiger partial charge in [-0.05, 0) is 12.8 Å². The quantitative estimate of drug-likeness (QED) is 0.674. The molecule has 4 heteroatoms. The molecule has 0 bridgehead atoms. The van der Waals surface area contributed by atoms with Gasteiger partial charge in [0.15, 0.2) is 0 Å². The van der Waals surface area contributed by atoms with Gasteiger partial charge in [-0.25, -0.2) is 0 Å². The van der Waals surface area contributed by atoms with E-state index in [0.717, 1.165) is 19.4 Å². The van der Waals surface area contributed by atoms with E-state index in [1.54, 1.807) is 12.0 Å². The van der Waals surface area contributed by atoms with Crippen LogP contribution in [0.25, 0.3) is 0 Å². The van der Waals surface area contributed by atoms with Crippen molar-refractivity contribution >= 4 is 5.91 Å². The second-order valence-corrected chi connectivity index (χ2v) is 3.31. The van der Waals surface area contributed by atoms with Gasteiger partial charge < -0.3 is 14.7 Å². The monoisotopic (exact) mass is 187 g/mol. The molecule has 0 radical (unpaired) electrons. The zero-order chi connectivity index (χ0) is 9.68. The van der Waals surface area contributed by atoms with Crippen LogP contribution in [0.4, 0.5) is 0 Å². The average molecular weight is 187 g/mol. The Morgan fingerprint density at radius 2 is 2.46 bits per heavy atom. The van der Waals surface area contributed by atoms with Crippen molar-refractivity contribution < 1.29 is 14.6 Å². The molecule has 1 fully saturated rings. The van der Waals surface area contributed by atoms with E-state index in [2.05, 4.69) is 0 Å². The fraction of sp³-hybridized carbons (Fsp3) is 0.889. The fourth-order valence-electron chi connectivity index (χ4n) is 1.69. The summed E-state index contributed by atoms with van der Waals surface area (Å²) < 4.78 is 4.83. The molecule has 13 heavy (non-hydrogen) atoms. The molecule has 1 rings (SSSR count). The lowest BCUT2D eigenvalue weighted by Crippen LogP contribution is -2.37. The number of nitrogens with zero attached hydrogens (tertiary/aromatic N) is 1. The van der Waals surface area contributed by atoms with Crippen molar-refractivity contribution in [2.45, 2.75) is 25.3 Å². The molecule has 0 aromatic rings. The maximum Gasteiger partial charge on any atom is 0.225 e. The number of rotatable bonds is 4. The summed E-state index contributed by atoms with van der Waals surface area (Å²) in [6, 6.07) is 0.0457. The van der Waals surface area contributed by atoms with Crippen LogP contribution in [-0.2, 0) is 9.53 Å². The molecule has 0 aromatic heterocycles. The number of aliphatic hydroxyl groups is 1. The Bertz CT molecular complexity index is 172. The summed E-state index contributed by atoms with van der Waals surface area (Å²) in [5, 5.41) is 8.99. The number of carbonyl (C=O) groups excluding carboxylic acids is 1. The van der Waals surface area contributed by atoms with Crippen LogP contribution in [0.2, 0.25) is 0 Å². The third-order valence-corrected chi connectivity index (χ3v) is 2.43. The summed E-state index contributed by atoms with van der Waals surface area (Å²) >= 11 is 0. The van der Waals surface area contributed by atoms with E-state index in [-0.39, 0.29) is 18.6 Å². The first-order chi connectivity index (χ1) is 6.29. The third-order valence-electron chi connectivity index (χ3n) is 2.43. The molecule has 1 N–H and O–H groups in total. The number of ether oxygens (including phenoxy) is 1. The van der Waals surface area contributed by atoms with E-state index >= 15 is 0 Å². The standard InChI is InChI=1S/C9H17NO3/c1-13-6-4-9(12)10-5-2-3-8(10)7-11/h8,11H,2-7H2,1H3/t8-/m1/s1. The summed E-state index contributed by atoms with van der Waals surface area (Å²) in [5.74, 6) is 0.0957. The molecule has 1 aliphatic heterocycles. The van der Waals surface area contributed by atoms with Gasteiger partial charge in [0.25, 0.3) is 0 Å². The van der Waals surface area contributed by atoms with Gasteiger partial charge in [-0.15, -0.1) is 0 Å². The van der Waals surface area contributed by atoms with Crippen LogP contribution in [0, 0.1) is 0 Å². The number of methoxy groups -OCH3 is 1. The molecule has 0 aromatic carbocycles. The van der Waals surface area contributed by atoms with Gasteiger partial charge in [0, 0.05) is 13.7 Å². The highest BCUT2D eigenvalue weighted by atomic mass is 16.5. The van der Waals surface area contributed by atoms with Crippen molar-refractivity contribution in [3.8, 4) is 0 Å². The number of amides is 1. The Hall–Kier alpha value is -0.610. The summed E-state index contributed by atoms with van der Waals surface area (Å²) in [6.07, 6.45) is 2.35. The van der Waals surface area contributed by atoms with E-state index in [9.17, 15) is 4.79 Å². The fourth-order valence-corrected chi connectivity index (χ4v) is 1.69. The second kappa shape index (κ2) is 5.19. The molecule has 76 valence electrons. The molecule has 1 atom stereocenters. The van der Waals surface area contributed by atoms with Gasteiger partial charge in [0.05, 0.1) is 25.7 Å². The molecule has 0 spiro atoms. The molecule has 1 aliphatic rings. The summed E-state index contributed by atoms with van der Waals surface area (Å²) in [7, 11) is 1.58. The number of aliphatic hydroxyl groups excluding tert-OH is 1. The zero-order valence-electron chi connectivity index (χ0n) is 8.03. The van der Waals surface area contributed by atoms with Crippen molar-refractivity contribution in [1.29, 1.82) is 0 Å². The van der Waals surface area contributed by atoms with Crippen molar-refractivity contribution in [3.63, 3.8) is 0 Å². The van der Waals surface area contributed by atoms with Crippen LogP contribution in [0.1, 0.15) is 19.3 Å². The van der Waals surface area contributed by atoms with E-state index in [4.69, 9.17) is 9.84 Å². The van der Waals surface area contributed by atoms with E-state index in [0.29, 0.717) is 13.0 Å². The van der Waals surface area contributed by atoms with Crippen LogP contribution in [-0.4, -0.2) is 48.8 Å². The number of hydrogen-bond acceptors (Lipinski definition) is 3. The molecule has 1 heterocycles. The average Bonchev–Trinajstić information content (AvgIpc) is 2.61. The van der Waals surface area contributed by atoms with E-state index in [1.165, 1.54) is 0 Å². The number of carbonyl (C=O) groups is 1. The maximum atomic E-state index is 11.5. The lowest BCUT2D eigenvalue weighted by atomic mass is 10.2. The van der Waals surface area contributed by atoms with E-state index in [1.807, 2.05) is 0 Å². The van der Waals surface area contributed by atoms with Gasteiger partial charge in [-0.1, -0.05) is 0 Å². The first kappa shape index (κ1) is 10.5. The zero-order valence-corrected chi connectivity index (χ0v) is 8.03. The topological polar surface area (TPSA) is 49.8 Å². The predicted octanol–water partition coefficient (Wildman–Crippen LogP) is 0.00620. The number of likely N-dealkylation sites (tertiary alicyclic amines) is 1. The predicted molar refractivity (Wildman–Crippen MR) is 48.3 cm³/mol. The SMILES string of the molecule is COCCC(=O)N1CCC[C@@H]1CO.